The van der Waals surface area contributed by atoms with Crippen molar-refractivity contribution in [3.05, 3.63) is 77.8 Å². The third-order valence-corrected chi connectivity index (χ3v) is 7.68. The van der Waals surface area contributed by atoms with Crippen molar-refractivity contribution in [3.8, 4) is 11.3 Å². The number of piperazine rings is 1. The van der Waals surface area contributed by atoms with E-state index in [1.165, 1.54) is 16.4 Å². The van der Waals surface area contributed by atoms with Gasteiger partial charge in [-0.3, -0.25) is 0 Å². The summed E-state index contributed by atoms with van der Waals surface area (Å²) in [7, 11) is -3.62. The van der Waals surface area contributed by atoms with Crippen LogP contribution in [0.1, 0.15) is 24.7 Å². The lowest BCUT2D eigenvalue weighted by Crippen LogP contribution is -2.52. The highest BCUT2D eigenvalue weighted by molar-refractivity contribution is 7.89. The summed E-state index contributed by atoms with van der Waals surface area (Å²) in [5.74, 6) is -0.588. The van der Waals surface area contributed by atoms with Crippen LogP contribution in [0, 0.1) is 11.6 Å². The summed E-state index contributed by atoms with van der Waals surface area (Å²) in [5, 5.41) is 3.20. The zero-order chi connectivity index (χ0) is 23.4. The first kappa shape index (κ1) is 23.4. The maximum absolute atomic E-state index is 13.4. The molecule has 1 aromatic heterocycles. The second kappa shape index (κ2) is 10.0. The van der Waals surface area contributed by atoms with Gasteiger partial charge >= 0.3 is 0 Å². The lowest BCUT2D eigenvalue weighted by Gasteiger charge is -2.32. The van der Waals surface area contributed by atoms with Crippen molar-refractivity contribution in [2.45, 2.75) is 37.1 Å². The first-order valence-corrected chi connectivity index (χ1v) is 12.4. The standard InChI is InChI=1S/C24H26F2N4O2S/c1-17-16-27-10-11-30(17)33(31,32)22-6-3-5-19(14-22)23-8-9-28-24(29-23)7-2-4-18-12-20(25)15-21(26)13-18/h3,5-6,8-9,12-15,17,27H,2,4,7,10-11,16H2,1H3/t17-/m0/s1. The smallest absolute Gasteiger partial charge is 0.243 e. The third kappa shape index (κ3) is 5.61. The molecule has 1 aliphatic heterocycles. The minimum absolute atomic E-state index is 0.121. The largest absolute Gasteiger partial charge is 0.314 e. The molecule has 1 N–H and O–H groups in total. The van der Waals surface area contributed by atoms with Crippen LogP contribution >= 0.6 is 0 Å². The highest BCUT2D eigenvalue weighted by Crippen LogP contribution is 2.25. The number of hydrogen-bond donors (Lipinski definition) is 1. The molecular weight excluding hydrogens is 446 g/mol. The zero-order valence-corrected chi connectivity index (χ0v) is 19.2. The molecule has 0 bridgehead atoms. The van der Waals surface area contributed by atoms with E-state index in [0.29, 0.717) is 61.5 Å². The lowest BCUT2D eigenvalue weighted by atomic mass is 10.1. The Morgan fingerprint density at radius 2 is 1.88 bits per heavy atom. The van der Waals surface area contributed by atoms with Gasteiger partial charge in [-0.2, -0.15) is 4.31 Å². The van der Waals surface area contributed by atoms with Crippen LogP contribution in [0.2, 0.25) is 0 Å². The Balaban J connectivity index is 1.49. The first-order valence-electron chi connectivity index (χ1n) is 10.9. The Morgan fingerprint density at radius 3 is 2.64 bits per heavy atom. The highest BCUT2D eigenvalue weighted by Gasteiger charge is 2.31. The molecule has 2 heterocycles. The van der Waals surface area contributed by atoms with E-state index in [0.717, 1.165) is 6.07 Å². The normalized spacial score (nSPS) is 17.2. The van der Waals surface area contributed by atoms with Gasteiger partial charge in [0.05, 0.1) is 10.6 Å². The molecule has 0 saturated carbocycles. The molecule has 33 heavy (non-hydrogen) atoms. The van der Waals surface area contributed by atoms with Gasteiger partial charge in [0.1, 0.15) is 17.5 Å². The van der Waals surface area contributed by atoms with Crippen molar-refractivity contribution < 1.29 is 17.2 Å². The number of aromatic nitrogens is 2. The van der Waals surface area contributed by atoms with Crippen molar-refractivity contribution in [1.82, 2.24) is 19.6 Å². The third-order valence-electron chi connectivity index (χ3n) is 5.67. The second-order valence-corrected chi connectivity index (χ2v) is 10.1. The molecule has 6 nitrogen and oxygen atoms in total. The van der Waals surface area contributed by atoms with Crippen molar-refractivity contribution in [3.63, 3.8) is 0 Å². The molecule has 9 heteroatoms. The van der Waals surface area contributed by atoms with Crippen LogP contribution in [0.5, 0.6) is 0 Å². The number of nitrogens with one attached hydrogen (secondary N) is 1. The number of nitrogens with zero attached hydrogens (tertiary/aromatic N) is 3. The van der Waals surface area contributed by atoms with E-state index in [1.54, 1.807) is 30.5 Å². The molecule has 0 radical (unpaired) electrons. The fourth-order valence-electron chi connectivity index (χ4n) is 4.02. The van der Waals surface area contributed by atoms with Gasteiger partial charge in [0.25, 0.3) is 0 Å². The first-order chi connectivity index (χ1) is 15.8. The summed E-state index contributed by atoms with van der Waals surface area (Å²) in [5.41, 5.74) is 1.90. The van der Waals surface area contributed by atoms with Crippen LogP contribution < -0.4 is 5.32 Å². The van der Waals surface area contributed by atoms with Gasteiger partial charge < -0.3 is 5.32 Å². The van der Waals surface area contributed by atoms with Crippen molar-refractivity contribution >= 4 is 10.0 Å². The van der Waals surface area contributed by atoms with Crippen LogP contribution in [0.15, 0.2) is 59.6 Å². The van der Waals surface area contributed by atoms with Crippen LogP contribution in [0.4, 0.5) is 8.78 Å². The molecule has 2 aromatic carbocycles. The monoisotopic (exact) mass is 472 g/mol. The average Bonchev–Trinajstić information content (AvgIpc) is 2.79. The zero-order valence-electron chi connectivity index (χ0n) is 18.3. The van der Waals surface area contributed by atoms with Crippen LogP contribution in [0.3, 0.4) is 0 Å². The molecule has 0 amide bonds. The van der Waals surface area contributed by atoms with Gasteiger partial charge in [0, 0.05) is 49.9 Å². The Bertz CT molecular complexity index is 1220. The fourth-order valence-corrected chi connectivity index (χ4v) is 5.69. The SMILES string of the molecule is C[C@H]1CNCCN1S(=O)(=O)c1cccc(-c2ccnc(CCCc3cc(F)cc(F)c3)n2)c1. The highest BCUT2D eigenvalue weighted by atomic mass is 32.2. The van der Waals surface area contributed by atoms with Crippen LogP contribution in [-0.4, -0.2) is 48.4 Å². The van der Waals surface area contributed by atoms with Crippen LogP contribution in [-0.2, 0) is 22.9 Å². The fraction of sp³-hybridized carbons (Fsp3) is 0.333. The average molecular weight is 473 g/mol. The number of halogens is 2. The van der Waals surface area contributed by atoms with E-state index in [2.05, 4.69) is 15.3 Å². The topological polar surface area (TPSA) is 75.2 Å². The van der Waals surface area contributed by atoms with E-state index in [1.807, 2.05) is 13.0 Å². The molecule has 1 aliphatic rings. The predicted octanol–water partition coefficient (Wildman–Crippen LogP) is 3.58. The predicted molar refractivity (Wildman–Crippen MR) is 122 cm³/mol. The van der Waals surface area contributed by atoms with Gasteiger partial charge in [0.15, 0.2) is 0 Å². The van der Waals surface area contributed by atoms with Crippen molar-refractivity contribution in [2.24, 2.45) is 0 Å². The minimum atomic E-state index is -3.62. The molecular formula is C24H26F2N4O2S. The summed E-state index contributed by atoms with van der Waals surface area (Å²) in [6.07, 6.45) is 3.29. The van der Waals surface area contributed by atoms with Crippen molar-refractivity contribution in [1.29, 1.82) is 0 Å². The summed E-state index contributed by atoms with van der Waals surface area (Å²) in [6.45, 7) is 3.57. The summed E-state index contributed by atoms with van der Waals surface area (Å²) in [4.78, 5) is 9.11. The molecule has 1 atom stereocenters. The van der Waals surface area contributed by atoms with Gasteiger partial charge in [-0.25, -0.2) is 27.2 Å². The van der Waals surface area contributed by atoms with E-state index in [4.69, 9.17) is 0 Å². The van der Waals surface area contributed by atoms with Crippen LogP contribution in [0.25, 0.3) is 11.3 Å². The van der Waals surface area contributed by atoms with Gasteiger partial charge in [0.2, 0.25) is 10.0 Å². The van der Waals surface area contributed by atoms with Gasteiger partial charge in [-0.1, -0.05) is 12.1 Å². The molecule has 3 aromatic rings. The minimum Gasteiger partial charge on any atom is -0.314 e. The van der Waals surface area contributed by atoms with E-state index in [9.17, 15) is 17.2 Å². The number of hydrogen-bond acceptors (Lipinski definition) is 5. The number of benzene rings is 2. The Kier molecular flexibility index (Phi) is 7.11. The molecule has 4 rings (SSSR count). The lowest BCUT2D eigenvalue weighted by molar-refractivity contribution is 0.284. The Morgan fingerprint density at radius 1 is 1.09 bits per heavy atom. The number of sulfonamides is 1. The Hall–Kier alpha value is -2.75. The molecule has 174 valence electrons. The van der Waals surface area contributed by atoms with E-state index >= 15 is 0 Å². The number of rotatable bonds is 7. The summed E-state index contributed by atoms with van der Waals surface area (Å²) in [6, 6.07) is 11.9. The molecule has 0 spiro atoms. The van der Waals surface area contributed by atoms with E-state index < -0.39 is 21.7 Å². The quantitative estimate of drug-likeness (QED) is 0.569. The molecule has 1 fully saturated rings. The summed E-state index contributed by atoms with van der Waals surface area (Å²) < 4.78 is 54.6. The Labute approximate surface area is 192 Å². The molecule has 0 unspecified atom stereocenters. The number of aryl methyl sites for hydroxylation is 2. The summed E-state index contributed by atoms with van der Waals surface area (Å²) >= 11 is 0. The maximum atomic E-state index is 13.4. The van der Waals surface area contributed by atoms with Crippen molar-refractivity contribution in [2.75, 3.05) is 19.6 Å². The van der Waals surface area contributed by atoms with Gasteiger partial charge in [-0.15, -0.1) is 0 Å². The maximum Gasteiger partial charge on any atom is 0.243 e. The van der Waals surface area contributed by atoms with Gasteiger partial charge in [-0.05, 0) is 55.7 Å². The van der Waals surface area contributed by atoms with E-state index in [-0.39, 0.29) is 10.9 Å². The molecule has 0 aliphatic carbocycles. The second-order valence-electron chi connectivity index (χ2n) is 8.19. The molecule has 1 saturated heterocycles.